The molecule has 156 valence electrons. The molecule has 8 heteroatoms. The molecule has 3 rings (SSSR count). The number of aromatic nitrogens is 3. The van der Waals surface area contributed by atoms with E-state index >= 15 is 0 Å². The summed E-state index contributed by atoms with van der Waals surface area (Å²) in [7, 11) is 0. The van der Waals surface area contributed by atoms with Crippen LogP contribution in [0.1, 0.15) is 43.5 Å². The summed E-state index contributed by atoms with van der Waals surface area (Å²) in [5.41, 5.74) is 1.23. The summed E-state index contributed by atoms with van der Waals surface area (Å²) in [4.78, 5) is 12.3. The molecule has 1 heterocycles. The molecule has 1 N–H and O–H groups in total. The zero-order valence-electron chi connectivity index (χ0n) is 16.5. The molecule has 0 aliphatic heterocycles. The number of carbonyl (C=O) groups is 1. The fourth-order valence-corrected chi connectivity index (χ4v) is 5.16. The number of carbonyl (C=O) groups excluding carboxylic acids is 1. The van der Waals surface area contributed by atoms with E-state index in [2.05, 4.69) is 22.1 Å². The molecule has 0 spiro atoms. The average molecular weight is 451 g/mol. The van der Waals surface area contributed by atoms with Crippen molar-refractivity contribution in [1.82, 2.24) is 20.1 Å². The topological polar surface area (TPSA) is 59.8 Å². The summed E-state index contributed by atoms with van der Waals surface area (Å²) in [5, 5.41) is 13.3. The number of nitrogens with zero attached hydrogens (tertiary/aromatic N) is 3. The van der Waals surface area contributed by atoms with Crippen LogP contribution in [0.4, 0.5) is 0 Å². The second-order valence-electron chi connectivity index (χ2n) is 7.11. The predicted molar refractivity (Wildman–Crippen MR) is 122 cm³/mol. The van der Waals surface area contributed by atoms with E-state index in [1.165, 1.54) is 36.6 Å². The maximum Gasteiger partial charge on any atom is 0.230 e. The van der Waals surface area contributed by atoms with Crippen molar-refractivity contribution in [3.05, 3.63) is 53.3 Å². The van der Waals surface area contributed by atoms with Crippen LogP contribution in [-0.2, 0) is 22.8 Å². The number of benzene rings is 1. The first kappa shape index (κ1) is 22.2. The Labute approximate surface area is 186 Å². The Balaban J connectivity index is 1.51. The smallest absolute Gasteiger partial charge is 0.230 e. The normalized spacial score (nSPS) is 14.7. The van der Waals surface area contributed by atoms with Crippen molar-refractivity contribution in [3.8, 4) is 0 Å². The lowest BCUT2D eigenvalue weighted by Gasteiger charge is -2.22. The van der Waals surface area contributed by atoms with Gasteiger partial charge in [0.05, 0.1) is 11.5 Å². The van der Waals surface area contributed by atoms with E-state index in [1.807, 2.05) is 34.9 Å². The molecule has 1 aliphatic carbocycles. The Morgan fingerprint density at radius 1 is 1.21 bits per heavy atom. The van der Waals surface area contributed by atoms with Gasteiger partial charge in [0.2, 0.25) is 5.91 Å². The third kappa shape index (κ3) is 7.08. The summed E-state index contributed by atoms with van der Waals surface area (Å²) >= 11 is 9.16. The minimum Gasteiger partial charge on any atom is -0.353 e. The molecule has 0 radical (unpaired) electrons. The lowest BCUT2D eigenvalue weighted by Crippen LogP contribution is -2.37. The Bertz CT molecular complexity index is 804. The monoisotopic (exact) mass is 450 g/mol. The second kappa shape index (κ2) is 11.7. The first-order chi connectivity index (χ1) is 14.2. The van der Waals surface area contributed by atoms with Gasteiger partial charge in [0.25, 0.3) is 0 Å². The van der Waals surface area contributed by atoms with Crippen molar-refractivity contribution >= 4 is 41.0 Å². The summed E-state index contributed by atoms with van der Waals surface area (Å²) in [5.74, 6) is 2.97. The molecule has 1 aromatic carbocycles. The molecular formula is C21H27ClN4OS2. The van der Waals surface area contributed by atoms with Crippen molar-refractivity contribution in [1.29, 1.82) is 0 Å². The predicted octanol–water partition coefficient (Wildman–Crippen LogP) is 5.09. The van der Waals surface area contributed by atoms with Crippen LogP contribution < -0.4 is 5.32 Å². The molecule has 0 saturated heterocycles. The fourth-order valence-electron chi connectivity index (χ4n) is 3.33. The Morgan fingerprint density at radius 2 is 1.97 bits per heavy atom. The molecule has 1 fully saturated rings. The van der Waals surface area contributed by atoms with E-state index in [0.717, 1.165) is 40.4 Å². The minimum absolute atomic E-state index is 0.0775. The summed E-state index contributed by atoms with van der Waals surface area (Å²) in [6.45, 7) is 4.48. The largest absolute Gasteiger partial charge is 0.353 e. The van der Waals surface area contributed by atoms with Crippen LogP contribution >= 0.6 is 35.1 Å². The standard InChI is InChI=1S/C21H27ClN4OS2/c1-2-12-26-19(14-28-13-16-8-10-17(22)11-9-16)24-25-21(26)29-15-20(27)23-18-6-4-3-5-7-18/h2,8-11,18H,1,3-7,12-15H2,(H,23,27). The van der Waals surface area contributed by atoms with E-state index in [9.17, 15) is 4.79 Å². The third-order valence-electron chi connectivity index (χ3n) is 4.82. The molecule has 1 saturated carbocycles. The van der Waals surface area contributed by atoms with Gasteiger partial charge in [-0.2, -0.15) is 0 Å². The number of hydrogen-bond acceptors (Lipinski definition) is 5. The van der Waals surface area contributed by atoms with E-state index < -0.39 is 0 Å². The molecule has 1 aromatic heterocycles. The maximum absolute atomic E-state index is 12.3. The first-order valence-electron chi connectivity index (χ1n) is 9.93. The van der Waals surface area contributed by atoms with E-state index in [1.54, 1.807) is 11.8 Å². The molecule has 0 unspecified atom stereocenters. The maximum atomic E-state index is 12.3. The first-order valence-corrected chi connectivity index (χ1v) is 12.4. The number of thioether (sulfide) groups is 2. The van der Waals surface area contributed by atoms with Crippen LogP contribution in [0.2, 0.25) is 5.02 Å². The lowest BCUT2D eigenvalue weighted by atomic mass is 9.95. The third-order valence-corrected chi connectivity index (χ3v) is 7.04. The minimum atomic E-state index is 0.0775. The molecule has 29 heavy (non-hydrogen) atoms. The van der Waals surface area contributed by atoms with Gasteiger partial charge in [0, 0.05) is 23.4 Å². The number of amides is 1. The average Bonchev–Trinajstić information content (AvgIpc) is 3.11. The molecule has 2 aromatic rings. The van der Waals surface area contributed by atoms with Gasteiger partial charge in [-0.15, -0.1) is 28.5 Å². The molecule has 0 bridgehead atoms. The summed E-state index contributed by atoms with van der Waals surface area (Å²) < 4.78 is 2.04. The SMILES string of the molecule is C=CCn1c(CSCc2ccc(Cl)cc2)nnc1SCC(=O)NC1CCCCC1. The number of rotatable bonds is 10. The highest BCUT2D eigenvalue weighted by Crippen LogP contribution is 2.23. The molecule has 1 amide bonds. The second-order valence-corrected chi connectivity index (χ2v) is 9.47. The number of allylic oxidation sites excluding steroid dienone is 1. The fraction of sp³-hybridized carbons (Fsp3) is 0.476. The van der Waals surface area contributed by atoms with Crippen molar-refractivity contribution in [2.45, 2.75) is 61.4 Å². The quantitative estimate of drug-likeness (QED) is 0.403. The van der Waals surface area contributed by atoms with Gasteiger partial charge >= 0.3 is 0 Å². The van der Waals surface area contributed by atoms with Gasteiger partial charge in [-0.25, -0.2) is 0 Å². The van der Waals surface area contributed by atoms with Crippen LogP contribution in [0.15, 0.2) is 42.1 Å². The summed E-state index contributed by atoms with van der Waals surface area (Å²) in [6, 6.07) is 8.23. The van der Waals surface area contributed by atoms with Gasteiger partial charge in [-0.05, 0) is 30.5 Å². The molecule has 1 aliphatic rings. The van der Waals surface area contributed by atoms with Crippen LogP contribution in [0.5, 0.6) is 0 Å². The van der Waals surface area contributed by atoms with Crippen molar-refractivity contribution in [2.24, 2.45) is 0 Å². The highest BCUT2D eigenvalue weighted by Gasteiger charge is 2.17. The van der Waals surface area contributed by atoms with Gasteiger partial charge in [0.15, 0.2) is 5.16 Å². The Morgan fingerprint density at radius 3 is 2.69 bits per heavy atom. The van der Waals surface area contributed by atoms with Crippen molar-refractivity contribution < 1.29 is 4.79 Å². The van der Waals surface area contributed by atoms with Gasteiger partial charge < -0.3 is 9.88 Å². The molecular weight excluding hydrogens is 424 g/mol. The van der Waals surface area contributed by atoms with E-state index in [-0.39, 0.29) is 5.91 Å². The molecule has 5 nitrogen and oxygen atoms in total. The zero-order valence-corrected chi connectivity index (χ0v) is 18.9. The Kier molecular flexibility index (Phi) is 8.95. The highest BCUT2D eigenvalue weighted by molar-refractivity contribution is 7.99. The Hall–Kier alpha value is -1.44. The van der Waals surface area contributed by atoms with Crippen molar-refractivity contribution in [2.75, 3.05) is 5.75 Å². The zero-order chi connectivity index (χ0) is 20.5. The van der Waals surface area contributed by atoms with Gasteiger partial charge in [-0.3, -0.25) is 4.79 Å². The molecule has 0 atom stereocenters. The lowest BCUT2D eigenvalue weighted by molar-refractivity contribution is -0.119. The van der Waals surface area contributed by atoms with Crippen LogP contribution in [-0.4, -0.2) is 32.5 Å². The number of nitrogens with one attached hydrogen (secondary N) is 1. The van der Waals surface area contributed by atoms with Crippen LogP contribution in [0.25, 0.3) is 0 Å². The number of hydrogen-bond donors (Lipinski definition) is 1. The van der Waals surface area contributed by atoms with Crippen molar-refractivity contribution in [3.63, 3.8) is 0 Å². The summed E-state index contributed by atoms with van der Waals surface area (Å²) in [6.07, 6.45) is 7.73. The van der Waals surface area contributed by atoms with E-state index in [0.29, 0.717) is 18.3 Å². The van der Waals surface area contributed by atoms with E-state index in [4.69, 9.17) is 11.6 Å². The highest BCUT2D eigenvalue weighted by atomic mass is 35.5. The van der Waals surface area contributed by atoms with Crippen LogP contribution in [0, 0.1) is 0 Å². The van der Waals surface area contributed by atoms with Crippen LogP contribution in [0.3, 0.4) is 0 Å². The van der Waals surface area contributed by atoms with Gasteiger partial charge in [0.1, 0.15) is 5.82 Å². The van der Waals surface area contributed by atoms with Gasteiger partial charge in [-0.1, -0.05) is 60.8 Å². The number of halogens is 1.